The third kappa shape index (κ3) is 12.9. The highest BCUT2D eigenvalue weighted by Gasteiger charge is 2.27. The van der Waals surface area contributed by atoms with E-state index in [-0.39, 0.29) is 23.0 Å². The summed E-state index contributed by atoms with van der Waals surface area (Å²) in [5.41, 5.74) is 0. The van der Waals surface area contributed by atoms with Crippen LogP contribution >= 0.6 is 0 Å². The number of halogens is 1. The maximum absolute atomic E-state index is 8.62. The predicted octanol–water partition coefficient (Wildman–Crippen LogP) is -4.75. The smallest absolute Gasteiger partial charge is 0.492 e. The van der Waals surface area contributed by atoms with Crippen molar-refractivity contribution in [3.8, 4) is 0 Å². The van der Waals surface area contributed by atoms with Crippen LogP contribution in [0.25, 0.3) is 0 Å². The van der Waals surface area contributed by atoms with Crippen LogP contribution < -0.4 is 18.2 Å². The van der Waals surface area contributed by atoms with E-state index in [0.717, 1.165) is 0 Å². The molecular weight excluding hydrogens is 200 g/mol. The van der Waals surface area contributed by atoms with Crippen LogP contribution in [0.5, 0.6) is 0 Å². The fourth-order valence-corrected chi connectivity index (χ4v) is 1.36. The third-order valence-electron chi connectivity index (χ3n) is 1.25. The number of nitrogens with zero attached hydrogens (tertiary/aromatic N) is 1. The number of rotatable bonds is 4. The largest absolute Gasteiger partial charge is 1.00 e. The maximum Gasteiger partial charge on any atom is 0.492 e. The van der Waals surface area contributed by atoms with Crippen molar-refractivity contribution in [1.82, 2.24) is 0 Å². The monoisotopic (exact) mass is 216 g/mol. The van der Waals surface area contributed by atoms with E-state index in [1.54, 1.807) is 14.1 Å². The fourth-order valence-electron chi connectivity index (χ4n) is 0.724. The second-order valence-corrected chi connectivity index (χ2v) is 5.43. The van der Waals surface area contributed by atoms with E-state index in [2.05, 4.69) is 0 Å². The first kappa shape index (κ1) is 14.8. The van der Waals surface area contributed by atoms with Gasteiger partial charge in [0.05, 0.1) is 20.6 Å². The Kier molecular flexibility index (Phi) is 6.33. The van der Waals surface area contributed by atoms with Gasteiger partial charge in [-0.25, -0.2) is 0 Å². The van der Waals surface area contributed by atoms with Crippen molar-refractivity contribution >= 4 is 8.80 Å². The zero-order valence-electron chi connectivity index (χ0n) is 7.37. The van der Waals surface area contributed by atoms with Crippen LogP contribution in [0.2, 0.25) is 6.04 Å². The summed E-state index contributed by atoms with van der Waals surface area (Å²) in [5.74, 6) is 5.57. The maximum atomic E-state index is 8.62. The van der Waals surface area contributed by atoms with Crippen molar-refractivity contribution in [2.24, 2.45) is 5.84 Å². The lowest BCUT2D eigenvalue weighted by Crippen LogP contribution is -3.00. The minimum absolute atomic E-state index is 0. The van der Waals surface area contributed by atoms with Crippen molar-refractivity contribution in [3.63, 3.8) is 0 Å². The molecule has 0 saturated heterocycles. The summed E-state index contributed by atoms with van der Waals surface area (Å²) in [6.45, 7) is 0.621. The molecule has 0 unspecified atom stereocenters. The van der Waals surface area contributed by atoms with Crippen LogP contribution in [-0.4, -0.2) is 48.4 Å². The molecule has 0 aliphatic heterocycles. The summed E-state index contributed by atoms with van der Waals surface area (Å²) in [6.07, 6.45) is 0.527. The molecule has 0 rings (SSSR count). The normalized spacial score (nSPS) is 12.5. The Morgan fingerprint density at radius 3 is 1.92 bits per heavy atom. The van der Waals surface area contributed by atoms with Gasteiger partial charge >= 0.3 is 8.80 Å². The standard InChI is InChI=1S/C5H17N2O3Si.ClH/c1-7(2,6)4-3-5-11(8,9)10;/h8-10H,3-6H2,1-2H3;1H/q+1;/p-1. The summed E-state index contributed by atoms with van der Waals surface area (Å²) in [4.78, 5) is 25.9. The number of hydrogen-bond donors (Lipinski definition) is 4. The SMILES string of the molecule is C[N+](C)(N)CCC[Si](O)(O)O.[Cl-]. The molecule has 0 amide bonds. The molecule has 76 valence electrons. The topological polar surface area (TPSA) is 86.7 Å². The Morgan fingerprint density at radius 1 is 1.25 bits per heavy atom. The summed E-state index contributed by atoms with van der Waals surface area (Å²) < 4.78 is 0.282. The highest BCUT2D eigenvalue weighted by Crippen LogP contribution is 2.02. The van der Waals surface area contributed by atoms with E-state index in [4.69, 9.17) is 20.2 Å². The predicted molar refractivity (Wildman–Crippen MR) is 43.0 cm³/mol. The van der Waals surface area contributed by atoms with Crippen LogP contribution in [-0.2, 0) is 0 Å². The van der Waals surface area contributed by atoms with Gasteiger partial charge in [0.25, 0.3) is 0 Å². The first-order valence-corrected chi connectivity index (χ1v) is 5.54. The molecule has 5 nitrogen and oxygen atoms in total. The Labute approximate surface area is 79.8 Å². The van der Waals surface area contributed by atoms with Gasteiger partial charge in [0.15, 0.2) is 0 Å². The first-order valence-electron chi connectivity index (χ1n) is 3.49. The Morgan fingerprint density at radius 2 is 1.67 bits per heavy atom. The van der Waals surface area contributed by atoms with Gasteiger partial charge in [-0.1, -0.05) is 0 Å². The molecule has 0 heterocycles. The molecule has 0 atom stereocenters. The van der Waals surface area contributed by atoms with Crippen LogP contribution in [0.15, 0.2) is 0 Å². The molecule has 0 aromatic heterocycles. The summed E-state index contributed by atoms with van der Waals surface area (Å²) >= 11 is 0. The van der Waals surface area contributed by atoms with E-state index in [9.17, 15) is 0 Å². The minimum atomic E-state index is -3.82. The Bertz CT molecular complexity index is 109. The van der Waals surface area contributed by atoms with Gasteiger partial charge in [-0.15, -0.1) is 0 Å². The highest BCUT2D eigenvalue weighted by atomic mass is 35.5. The molecule has 0 bridgehead atoms. The van der Waals surface area contributed by atoms with Crippen molar-refractivity contribution in [1.29, 1.82) is 0 Å². The van der Waals surface area contributed by atoms with Gasteiger partial charge in [0.1, 0.15) is 0 Å². The van der Waals surface area contributed by atoms with E-state index in [0.29, 0.717) is 13.0 Å². The van der Waals surface area contributed by atoms with Gasteiger partial charge in [-0.05, 0) is 0 Å². The zero-order chi connectivity index (χ0) is 9.12. The van der Waals surface area contributed by atoms with Crippen molar-refractivity contribution in [3.05, 3.63) is 0 Å². The number of quaternary nitrogens is 1. The van der Waals surface area contributed by atoms with Gasteiger partial charge in [0.2, 0.25) is 0 Å². The molecule has 5 N–H and O–H groups in total. The van der Waals surface area contributed by atoms with E-state index >= 15 is 0 Å². The average Bonchev–Trinajstić information content (AvgIpc) is 1.55. The molecule has 0 aromatic carbocycles. The molecular formula is C5H17ClN2O3Si. The molecule has 0 radical (unpaired) electrons. The average molecular weight is 217 g/mol. The van der Waals surface area contributed by atoms with Crippen molar-refractivity contribution in [2.75, 3.05) is 20.6 Å². The second kappa shape index (κ2) is 5.13. The van der Waals surface area contributed by atoms with E-state index in [1.807, 2.05) is 0 Å². The van der Waals surface area contributed by atoms with Gasteiger partial charge in [-0.2, -0.15) is 5.84 Å². The molecule has 0 aliphatic carbocycles. The molecule has 0 saturated carbocycles. The molecule has 0 fully saturated rings. The fraction of sp³-hybridized carbons (Fsp3) is 1.00. The minimum Gasteiger partial charge on any atom is -1.00 e. The number of nitrogens with two attached hydrogens (primary N) is 1. The van der Waals surface area contributed by atoms with Crippen LogP contribution in [0.4, 0.5) is 0 Å². The Balaban J connectivity index is 0. The summed E-state index contributed by atoms with van der Waals surface area (Å²) in [7, 11) is -0.221. The number of hydrogen-bond acceptors (Lipinski definition) is 4. The van der Waals surface area contributed by atoms with Crippen LogP contribution in [0.1, 0.15) is 6.42 Å². The molecule has 0 aromatic rings. The van der Waals surface area contributed by atoms with Crippen molar-refractivity contribution < 1.29 is 31.4 Å². The molecule has 0 spiro atoms. The lowest BCUT2D eigenvalue weighted by molar-refractivity contribution is -0.902. The summed E-state index contributed by atoms with van der Waals surface area (Å²) in [6, 6.07) is 0.0614. The van der Waals surface area contributed by atoms with Crippen molar-refractivity contribution in [2.45, 2.75) is 12.5 Å². The van der Waals surface area contributed by atoms with Crippen LogP contribution in [0, 0.1) is 0 Å². The third-order valence-corrected chi connectivity index (χ3v) is 2.27. The molecule has 7 heteroatoms. The molecule has 12 heavy (non-hydrogen) atoms. The quantitative estimate of drug-likeness (QED) is 0.165. The van der Waals surface area contributed by atoms with E-state index < -0.39 is 8.80 Å². The first-order chi connectivity index (χ1) is 4.71. The van der Waals surface area contributed by atoms with E-state index in [1.165, 1.54) is 0 Å². The molecule has 0 aliphatic rings. The Hall–Kier alpha value is 0.307. The highest BCUT2D eigenvalue weighted by molar-refractivity contribution is 6.56. The van der Waals surface area contributed by atoms with Gasteiger partial charge < -0.3 is 26.8 Å². The van der Waals surface area contributed by atoms with Gasteiger partial charge in [-0.3, -0.25) is 4.59 Å². The summed E-state index contributed by atoms with van der Waals surface area (Å²) in [5, 5.41) is 0. The van der Waals surface area contributed by atoms with Crippen LogP contribution in [0.3, 0.4) is 0 Å². The van der Waals surface area contributed by atoms with Gasteiger partial charge in [0, 0.05) is 12.5 Å². The lowest BCUT2D eigenvalue weighted by Gasteiger charge is -2.22. The zero-order valence-corrected chi connectivity index (χ0v) is 9.12. The lowest BCUT2D eigenvalue weighted by atomic mass is 10.4. The second-order valence-electron chi connectivity index (χ2n) is 3.38.